The minimum Gasteiger partial charge on any atom is -0.396 e. The molecule has 6 heteroatoms. The molecule has 0 saturated carbocycles. The minimum absolute atomic E-state index is 0.0556. The molecule has 2 aliphatic heterocycles. The molecule has 96 valence electrons. The van der Waals surface area contributed by atoms with Crippen LogP contribution in [-0.2, 0) is 9.47 Å². The molecule has 0 aromatic rings. The summed E-state index contributed by atoms with van der Waals surface area (Å²) in [5.74, 6) is 0.352. The molecule has 4 atom stereocenters. The van der Waals surface area contributed by atoms with Crippen molar-refractivity contribution in [3.63, 3.8) is 0 Å². The molecule has 16 heavy (non-hydrogen) atoms. The quantitative estimate of drug-likeness (QED) is 0.436. The predicted molar refractivity (Wildman–Crippen MR) is 58.7 cm³/mol. The average Bonchev–Trinajstić information content (AvgIpc) is 2.87. The maximum atomic E-state index is 8.58. The van der Waals surface area contributed by atoms with Gasteiger partial charge in [-0.25, -0.2) is 0 Å². The van der Waals surface area contributed by atoms with Crippen LogP contribution in [0.5, 0.6) is 0 Å². The van der Waals surface area contributed by atoms with E-state index in [1.165, 1.54) is 0 Å². The molecule has 0 aromatic heterocycles. The Bertz CT molecular complexity index is 174. The Kier molecular flexibility index (Phi) is 6.18. The number of hydrogen-bond acceptors (Lipinski definition) is 6. The Labute approximate surface area is 95.5 Å². The van der Waals surface area contributed by atoms with Gasteiger partial charge in [-0.3, -0.25) is 0 Å². The molecule has 2 saturated heterocycles. The van der Waals surface area contributed by atoms with Crippen molar-refractivity contribution in [2.75, 3.05) is 39.6 Å². The van der Waals surface area contributed by atoms with E-state index in [9.17, 15) is 0 Å². The van der Waals surface area contributed by atoms with Gasteiger partial charge in [0.25, 0.3) is 0 Å². The second kappa shape index (κ2) is 7.16. The molecule has 0 radical (unpaired) electrons. The zero-order chi connectivity index (χ0) is 12.0. The summed E-state index contributed by atoms with van der Waals surface area (Å²) >= 11 is 0. The first-order valence-electron chi connectivity index (χ1n) is 5.57. The summed E-state index contributed by atoms with van der Waals surface area (Å²) in [6.07, 6.45) is 0. The Morgan fingerprint density at radius 1 is 0.812 bits per heavy atom. The van der Waals surface area contributed by atoms with Gasteiger partial charge in [0.1, 0.15) is 0 Å². The topological polar surface area (TPSA) is 111 Å². The summed E-state index contributed by atoms with van der Waals surface area (Å²) in [5.41, 5.74) is 11.0. The van der Waals surface area contributed by atoms with Gasteiger partial charge in [-0.15, -0.1) is 0 Å². The van der Waals surface area contributed by atoms with Gasteiger partial charge in [0.15, 0.2) is 0 Å². The number of nitrogens with two attached hydrogens (primary N) is 2. The molecular weight excluding hydrogens is 212 g/mol. The first-order valence-corrected chi connectivity index (χ1v) is 5.57. The van der Waals surface area contributed by atoms with Crippen molar-refractivity contribution in [1.82, 2.24) is 0 Å². The van der Waals surface area contributed by atoms with Gasteiger partial charge in [-0.2, -0.15) is 0 Å². The van der Waals surface area contributed by atoms with Crippen molar-refractivity contribution in [1.29, 1.82) is 0 Å². The summed E-state index contributed by atoms with van der Waals surface area (Å²) in [6, 6.07) is 0.111. The third kappa shape index (κ3) is 3.97. The van der Waals surface area contributed by atoms with Gasteiger partial charge in [0.2, 0.25) is 0 Å². The largest absolute Gasteiger partial charge is 0.396 e. The lowest BCUT2D eigenvalue weighted by Gasteiger charge is -2.06. The van der Waals surface area contributed by atoms with Crippen LogP contribution in [-0.4, -0.2) is 61.9 Å². The van der Waals surface area contributed by atoms with Gasteiger partial charge in [-0.1, -0.05) is 0 Å². The lowest BCUT2D eigenvalue weighted by molar-refractivity contribution is 0.160. The van der Waals surface area contributed by atoms with Crippen LogP contribution in [0.25, 0.3) is 0 Å². The van der Waals surface area contributed by atoms with E-state index in [0.717, 1.165) is 0 Å². The van der Waals surface area contributed by atoms with Crippen LogP contribution in [0.15, 0.2) is 0 Å². The maximum Gasteiger partial charge on any atom is 0.0622 e. The second-order valence-electron chi connectivity index (χ2n) is 4.29. The summed E-state index contributed by atoms with van der Waals surface area (Å²) in [6.45, 7) is 2.76. The fraction of sp³-hybridized carbons (Fsp3) is 1.00. The second-order valence-corrected chi connectivity index (χ2v) is 4.29. The van der Waals surface area contributed by atoms with Gasteiger partial charge in [0.05, 0.1) is 26.4 Å². The number of ether oxygens (including phenoxy) is 2. The Hall–Kier alpha value is -0.240. The molecule has 0 amide bonds. The van der Waals surface area contributed by atoms with E-state index in [1.807, 2.05) is 0 Å². The van der Waals surface area contributed by atoms with E-state index in [0.29, 0.717) is 26.4 Å². The van der Waals surface area contributed by atoms with Crippen molar-refractivity contribution in [2.24, 2.45) is 23.3 Å². The molecule has 6 nitrogen and oxygen atoms in total. The normalized spacial score (nSPS) is 38.2. The van der Waals surface area contributed by atoms with E-state index < -0.39 is 0 Å². The monoisotopic (exact) mass is 234 g/mol. The van der Waals surface area contributed by atoms with E-state index in [2.05, 4.69) is 0 Å². The first kappa shape index (κ1) is 13.8. The highest BCUT2D eigenvalue weighted by Crippen LogP contribution is 2.09. The van der Waals surface area contributed by atoms with Crippen LogP contribution < -0.4 is 11.5 Å². The molecule has 6 N–H and O–H groups in total. The highest BCUT2D eigenvalue weighted by molar-refractivity contribution is 4.77. The Morgan fingerprint density at radius 2 is 1.19 bits per heavy atom. The maximum absolute atomic E-state index is 8.58. The Morgan fingerprint density at radius 3 is 1.31 bits per heavy atom. The molecule has 0 aliphatic carbocycles. The van der Waals surface area contributed by atoms with Gasteiger partial charge < -0.3 is 31.2 Å². The van der Waals surface area contributed by atoms with Crippen molar-refractivity contribution in [3.05, 3.63) is 0 Å². The lowest BCUT2D eigenvalue weighted by Crippen LogP contribution is -2.30. The van der Waals surface area contributed by atoms with E-state index >= 15 is 0 Å². The number of aliphatic hydroxyl groups excluding tert-OH is 2. The molecule has 0 unspecified atom stereocenters. The molecule has 0 bridgehead atoms. The highest BCUT2D eigenvalue weighted by atomic mass is 16.5. The van der Waals surface area contributed by atoms with Crippen LogP contribution in [0, 0.1) is 11.8 Å². The summed E-state index contributed by atoms with van der Waals surface area (Å²) in [7, 11) is 0. The molecule has 0 spiro atoms. The smallest absolute Gasteiger partial charge is 0.0622 e. The number of hydrogen-bond donors (Lipinski definition) is 4. The van der Waals surface area contributed by atoms with Crippen molar-refractivity contribution < 1.29 is 19.7 Å². The van der Waals surface area contributed by atoms with Crippen molar-refractivity contribution in [2.45, 2.75) is 12.1 Å². The molecule has 2 fully saturated rings. The van der Waals surface area contributed by atoms with Gasteiger partial charge in [0, 0.05) is 37.1 Å². The summed E-state index contributed by atoms with van der Waals surface area (Å²) < 4.78 is 9.95. The summed E-state index contributed by atoms with van der Waals surface area (Å²) in [4.78, 5) is 0. The summed E-state index contributed by atoms with van der Waals surface area (Å²) in [5, 5.41) is 17.2. The zero-order valence-corrected chi connectivity index (χ0v) is 9.42. The van der Waals surface area contributed by atoms with Crippen LogP contribution in [0.2, 0.25) is 0 Å². The molecular formula is C10H22N2O4. The van der Waals surface area contributed by atoms with E-state index in [1.54, 1.807) is 0 Å². The fourth-order valence-corrected chi connectivity index (χ4v) is 1.61. The SMILES string of the molecule is N[C@@H]1COC[C@H]1CO.N[C@H]1COC[C@@H]1CO. The van der Waals surface area contributed by atoms with Crippen LogP contribution >= 0.6 is 0 Å². The first-order chi connectivity index (χ1) is 7.69. The molecule has 2 heterocycles. The van der Waals surface area contributed by atoms with Gasteiger partial charge in [-0.05, 0) is 0 Å². The van der Waals surface area contributed by atoms with Crippen LogP contribution in [0.3, 0.4) is 0 Å². The molecule has 2 rings (SSSR count). The highest BCUT2D eigenvalue weighted by Gasteiger charge is 2.23. The zero-order valence-electron chi connectivity index (χ0n) is 9.42. The number of aliphatic hydroxyl groups is 2. The van der Waals surface area contributed by atoms with Crippen molar-refractivity contribution in [3.8, 4) is 0 Å². The lowest BCUT2D eigenvalue weighted by atomic mass is 10.1. The third-order valence-electron chi connectivity index (χ3n) is 2.96. The number of rotatable bonds is 2. The van der Waals surface area contributed by atoms with Gasteiger partial charge >= 0.3 is 0 Å². The van der Waals surface area contributed by atoms with E-state index in [-0.39, 0.29) is 37.1 Å². The Balaban J connectivity index is 0.000000160. The standard InChI is InChI=1S/2C5H11NO2/c2*6-5-3-8-2-4(5)1-7/h2*4-5,7H,1-3,6H2/t2*4-,5-/m10/s1. The van der Waals surface area contributed by atoms with Crippen molar-refractivity contribution >= 4 is 0 Å². The minimum atomic E-state index is 0.0556. The van der Waals surface area contributed by atoms with E-state index in [4.69, 9.17) is 31.2 Å². The fourth-order valence-electron chi connectivity index (χ4n) is 1.61. The predicted octanol–water partition coefficient (Wildman–Crippen LogP) is -2.10. The third-order valence-corrected chi connectivity index (χ3v) is 2.96. The molecule has 0 aromatic carbocycles. The van der Waals surface area contributed by atoms with Crippen LogP contribution in [0.4, 0.5) is 0 Å². The van der Waals surface area contributed by atoms with Crippen LogP contribution in [0.1, 0.15) is 0 Å². The average molecular weight is 234 g/mol. The molecule has 2 aliphatic rings.